The van der Waals surface area contributed by atoms with Crippen molar-refractivity contribution in [2.24, 2.45) is 0 Å². The number of alkyl halides is 3. The van der Waals surface area contributed by atoms with Crippen LogP contribution >= 0.6 is 11.6 Å². The van der Waals surface area contributed by atoms with Crippen LogP contribution in [0.4, 0.5) is 13.2 Å². The maximum absolute atomic E-state index is 11.9. The fourth-order valence-electron chi connectivity index (χ4n) is 0.979. The van der Waals surface area contributed by atoms with Crippen molar-refractivity contribution in [3.8, 4) is 5.75 Å². The molecule has 0 aromatic heterocycles. The minimum atomic E-state index is -4.77. The number of rotatable bonds is 3. The van der Waals surface area contributed by atoms with Gasteiger partial charge < -0.3 is 4.74 Å². The highest BCUT2D eigenvalue weighted by atomic mass is 35.5. The van der Waals surface area contributed by atoms with E-state index in [-0.39, 0.29) is 5.02 Å². The van der Waals surface area contributed by atoms with E-state index in [0.29, 0.717) is 11.8 Å². The van der Waals surface area contributed by atoms with E-state index < -0.39 is 12.1 Å². The fourth-order valence-corrected chi connectivity index (χ4v) is 1.21. The number of carbonyl (C=O) groups is 1. The van der Waals surface area contributed by atoms with Gasteiger partial charge in [-0.05, 0) is 23.8 Å². The molecule has 6 heteroatoms. The average Bonchev–Trinajstić information content (AvgIpc) is 2.17. The van der Waals surface area contributed by atoms with Crippen LogP contribution in [-0.2, 0) is 4.79 Å². The van der Waals surface area contributed by atoms with Crippen LogP contribution < -0.4 is 4.74 Å². The van der Waals surface area contributed by atoms with E-state index in [4.69, 9.17) is 11.6 Å². The Balaban J connectivity index is 2.91. The summed E-state index contributed by atoms with van der Waals surface area (Å²) in [5.41, 5.74) is 0.506. The third-order valence-electron chi connectivity index (χ3n) is 1.55. The highest BCUT2D eigenvalue weighted by Crippen LogP contribution is 2.30. The first-order chi connectivity index (χ1) is 7.42. The molecule has 0 unspecified atom stereocenters. The predicted molar refractivity (Wildman–Crippen MR) is 53.2 cm³/mol. The molecule has 0 atom stereocenters. The van der Waals surface area contributed by atoms with Crippen LogP contribution in [0, 0.1) is 0 Å². The molecule has 0 aliphatic carbocycles. The Bertz CT molecular complexity index is 413. The molecule has 0 bridgehead atoms. The molecule has 0 fully saturated rings. The minimum Gasteiger partial charge on any atom is -0.404 e. The van der Waals surface area contributed by atoms with Gasteiger partial charge in [0.15, 0.2) is 0 Å². The van der Waals surface area contributed by atoms with Gasteiger partial charge in [0.25, 0.3) is 0 Å². The monoisotopic (exact) mass is 250 g/mol. The van der Waals surface area contributed by atoms with E-state index in [9.17, 15) is 18.0 Å². The Hall–Kier alpha value is -1.49. The molecule has 2 nitrogen and oxygen atoms in total. The summed E-state index contributed by atoms with van der Waals surface area (Å²) in [6.07, 6.45) is -1.61. The minimum absolute atomic E-state index is 0.176. The molecule has 0 saturated carbocycles. The molecule has 0 heterocycles. The highest BCUT2D eigenvalue weighted by Gasteiger charge is 2.31. The van der Waals surface area contributed by atoms with E-state index in [2.05, 4.69) is 4.74 Å². The van der Waals surface area contributed by atoms with Gasteiger partial charge in [0.05, 0.1) is 5.02 Å². The highest BCUT2D eigenvalue weighted by molar-refractivity contribution is 6.32. The van der Waals surface area contributed by atoms with Gasteiger partial charge in [0.1, 0.15) is 12.0 Å². The second kappa shape index (κ2) is 5.03. The molecule has 0 radical (unpaired) electrons. The second-order valence-electron chi connectivity index (χ2n) is 2.73. The Morgan fingerprint density at radius 3 is 2.50 bits per heavy atom. The lowest BCUT2D eigenvalue weighted by Crippen LogP contribution is -2.17. The van der Waals surface area contributed by atoms with Crippen LogP contribution in [0.2, 0.25) is 5.02 Å². The van der Waals surface area contributed by atoms with Crippen molar-refractivity contribution in [1.82, 2.24) is 0 Å². The third-order valence-corrected chi connectivity index (χ3v) is 1.84. The first-order valence-corrected chi connectivity index (χ1v) is 4.47. The van der Waals surface area contributed by atoms with Gasteiger partial charge in [-0.1, -0.05) is 23.7 Å². The summed E-state index contributed by atoms with van der Waals surface area (Å²) in [6.45, 7) is 0. The maximum Gasteiger partial charge on any atom is 0.573 e. The van der Waals surface area contributed by atoms with Crippen LogP contribution in [0.25, 0.3) is 6.08 Å². The lowest BCUT2D eigenvalue weighted by atomic mass is 10.2. The van der Waals surface area contributed by atoms with Crippen molar-refractivity contribution >= 4 is 24.0 Å². The van der Waals surface area contributed by atoms with Crippen molar-refractivity contribution in [3.05, 3.63) is 34.9 Å². The van der Waals surface area contributed by atoms with Crippen molar-refractivity contribution in [3.63, 3.8) is 0 Å². The van der Waals surface area contributed by atoms with E-state index >= 15 is 0 Å². The van der Waals surface area contributed by atoms with Gasteiger partial charge in [-0.25, -0.2) is 0 Å². The Labute approximate surface area is 94.3 Å². The number of aldehydes is 1. The Morgan fingerprint density at radius 1 is 1.31 bits per heavy atom. The summed E-state index contributed by atoms with van der Waals surface area (Å²) >= 11 is 5.57. The molecule has 0 aliphatic heterocycles. The molecule has 0 amide bonds. The number of halogens is 4. The molecule has 1 rings (SSSR count). The molecule has 0 spiro atoms. The van der Waals surface area contributed by atoms with Crippen molar-refractivity contribution < 1.29 is 22.7 Å². The quantitative estimate of drug-likeness (QED) is 0.607. The van der Waals surface area contributed by atoms with Gasteiger partial charge in [-0.15, -0.1) is 13.2 Å². The van der Waals surface area contributed by atoms with E-state index in [0.717, 1.165) is 6.07 Å². The first kappa shape index (κ1) is 12.6. The summed E-state index contributed by atoms with van der Waals surface area (Å²) in [5, 5.41) is -0.176. The van der Waals surface area contributed by atoms with E-state index in [1.807, 2.05) is 0 Å². The van der Waals surface area contributed by atoms with Gasteiger partial charge in [0.2, 0.25) is 0 Å². The summed E-state index contributed by atoms with van der Waals surface area (Å²) in [7, 11) is 0. The molecule has 1 aromatic rings. The summed E-state index contributed by atoms with van der Waals surface area (Å²) < 4.78 is 39.3. The number of hydrogen-bond acceptors (Lipinski definition) is 2. The Kier molecular flexibility index (Phi) is 3.95. The maximum atomic E-state index is 11.9. The SMILES string of the molecule is O=C/C=C/c1ccc(OC(F)(F)F)c(Cl)c1. The summed E-state index contributed by atoms with van der Waals surface area (Å²) in [4.78, 5) is 10.0. The van der Waals surface area contributed by atoms with Crippen LogP contribution in [0.1, 0.15) is 5.56 Å². The van der Waals surface area contributed by atoms with E-state index in [1.165, 1.54) is 24.3 Å². The van der Waals surface area contributed by atoms with E-state index in [1.54, 1.807) is 0 Å². The van der Waals surface area contributed by atoms with Gasteiger partial charge in [0, 0.05) is 0 Å². The van der Waals surface area contributed by atoms with Crippen LogP contribution in [0.3, 0.4) is 0 Å². The number of ether oxygens (including phenoxy) is 1. The number of hydrogen-bond donors (Lipinski definition) is 0. The topological polar surface area (TPSA) is 26.3 Å². The molecular formula is C10H6ClF3O2. The zero-order valence-corrected chi connectivity index (χ0v) is 8.55. The predicted octanol–water partition coefficient (Wildman–Crippen LogP) is 3.45. The molecule has 16 heavy (non-hydrogen) atoms. The molecular weight excluding hydrogens is 245 g/mol. The van der Waals surface area contributed by atoms with Gasteiger partial charge in [-0.2, -0.15) is 0 Å². The summed E-state index contributed by atoms with van der Waals surface area (Å²) in [6, 6.07) is 3.70. The number of allylic oxidation sites excluding steroid dienone is 1. The lowest BCUT2D eigenvalue weighted by molar-refractivity contribution is -0.274. The van der Waals surface area contributed by atoms with Gasteiger partial charge >= 0.3 is 6.36 Å². The third kappa shape index (κ3) is 3.94. The summed E-state index contributed by atoms with van der Waals surface area (Å²) in [5.74, 6) is -0.475. The van der Waals surface area contributed by atoms with Crippen LogP contribution in [0.5, 0.6) is 5.75 Å². The molecule has 0 aliphatic rings. The zero-order valence-electron chi connectivity index (χ0n) is 7.79. The lowest BCUT2D eigenvalue weighted by Gasteiger charge is -2.10. The standard InChI is InChI=1S/C10H6ClF3O2/c11-8-6-7(2-1-5-15)3-4-9(8)16-10(12,13)14/h1-6H/b2-1+. The van der Waals surface area contributed by atoms with Crippen LogP contribution in [-0.4, -0.2) is 12.6 Å². The van der Waals surface area contributed by atoms with Crippen LogP contribution in [0.15, 0.2) is 24.3 Å². The average molecular weight is 251 g/mol. The van der Waals surface area contributed by atoms with Crippen molar-refractivity contribution in [2.45, 2.75) is 6.36 Å². The molecule has 0 N–H and O–H groups in total. The second-order valence-corrected chi connectivity index (χ2v) is 3.14. The Morgan fingerprint density at radius 2 is 2.00 bits per heavy atom. The van der Waals surface area contributed by atoms with Crippen molar-refractivity contribution in [2.75, 3.05) is 0 Å². The zero-order chi connectivity index (χ0) is 12.2. The van der Waals surface area contributed by atoms with Gasteiger partial charge in [-0.3, -0.25) is 4.79 Å². The van der Waals surface area contributed by atoms with Crippen molar-refractivity contribution in [1.29, 1.82) is 0 Å². The smallest absolute Gasteiger partial charge is 0.404 e. The first-order valence-electron chi connectivity index (χ1n) is 4.09. The molecule has 0 saturated heterocycles. The fraction of sp³-hybridized carbons (Fsp3) is 0.100. The largest absolute Gasteiger partial charge is 0.573 e. The molecule has 1 aromatic carbocycles. The molecule has 86 valence electrons. The number of carbonyl (C=O) groups excluding carboxylic acids is 1. The number of benzene rings is 1. The normalized spacial score (nSPS) is 11.8.